The first-order valence-corrected chi connectivity index (χ1v) is 14.7. The number of methoxy groups -OCH3 is 1. The number of fused-ring (bicyclic) bond motifs is 1. The molecule has 46 heavy (non-hydrogen) atoms. The van der Waals surface area contributed by atoms with Crippen LogP contribution >= 0.6 is 0 Å². The molecular formula is C35H31N3O8. The van der Waals surface area contributed by atoms with Crippen molar-refractivity contribution in [3.63, 3.8) is 0 Å². The number of para-hydroxylation sites is 2. The van der Waals surface area contributed by atoms with E-state index in [9.17, 15) is 29.6 Å². The summed E-state index contributed by atoms with van der Waals surface area (Å²) in [7, 11) is 1.49. The Bertz CT molecular complexity index is 1830. The molecule has 0 radical (unpaired) electrons. The molecule has 2 aliphatic heterocycles. The van der Waals surface area contributed by atoms with E-state index < -0.39 is 46.1 Å². The van der Waals surface area contributed by atoms with Gasteiger partial charge >= 0.3 is 5.97 Å². The monoisotopic (exact) mass is 621 g/mol. The third kappa shape index (κ3) is 5.14. The first-order valence-electron chi connectivity index (χ1n) is 14.7. The SMILES string of the molecule is COc1cccc(C2NC(Cc3ccc([N+](=O)[O-])cc3)(C(=O)O)C3C(=O)N(c4ccccc4C)C(=O)C23)c1OCc1ccccc1. The minimum absolute atomic E-state index is 0.155. The minimum Gasteiger partial charge on any atom is -0.493 e. The summed E-state index contributed by atoms with van der Waals surface area (Å²) in [5.41, 5.74) is 0.746. The molecule has 0 aliphatic carbocycles. The average Bonchev–Trinajstić information content (AvgIpc) is 3.54. The van der Waals surface area contributed by atoms with Gasteiger partial charge in [-0.1, -0.05) is 72.8 Å². The van der Waals surface area contributed by atoms with Crippen LogP contribution in [-0.2, 0) is 27.4 Å². The van der Waals surface area contributed by atoms with Crippen LogP contribution in [-0.4, -0.2) is 40.5 Å². The number of carbonyl (C=O) groups is 3. The van der Waals surface area contributed by atoms with E-state index in [1.165, 1.54) is 31.4 Å². The molecule has 11 heteroatoms. The molecule has 6 rings (SSSR count). The van der Waals surface area contributed by atoms with Crippen molar-refractivity contribution in [2.24, 2.45) is 11.8 Å². The van der Waals surface area contributed by atoms with Crippen LogP contribution < -0.4 is 19.7 Å². The van der Waals surface area contributed by atoms with Crippen molar-refractivity contribution in [1.82, 2.24) is 5.32 Å². The third-order valence-corrected chi connectivity index (χ3v) is 8.81. The van der Waals surface area contributed by atoms with E-state index >= 15 is 0 Å². The Labute approximate surface area is 264 Å². The molecule has 2 amide bonds. The van der Waals surface area contributed by atoms with Crippen LogP contribution in [0.3, 0.4) is 0 Å². The van der Waals surface area contributed by atoms with E-state index in [1.807, 2.05) is 30.3 Å². The number of nitrogens with one attached hydrogen (secondary N) is 1. The van der Waals surface area contributed by atoms with Crippen molar-refractivity contribution < 1.29 is 33.9 Å². The third-order valence-electron chi connectivity index (χ3n) is 8.81. The summed E-state index contributed by atoms with van der Waals surface area (Å²) in [6, 6.07) is 26.1. The number of benzene rings is 4. The van der Waals surface area contributed by atoms with Gasteiger partial charge in [0.15, 0.2) is 11.5 Å². The minimum atomic E-state index is -1.95. The zero-order valence-electron chi connectivity index (χ0n) is 25.1. The smallest absolute Gasteiger partial charge is 0.325 e. The number of non-ortho nitro benzene ring substituents is 1. The number of hydrogen-bond donors (Lipinski definition) is 2. The molecule has 4 unspecified atom stereocenters. The average molecular weight is 622 g/mol. The Balaban J connectivity index is 1.49. The molecule has 0 saturated carbocycles. The van der Waals surface area contributed by atoms with Gasteiger partial charge in [-0.05, 0) is 35.7 Å². The number of nitro groups is 1. The van der Waals surface area contributed by atoms with Gasteiger partial charge in [0, 0.05) is 30.2 Å². The van der Waals surface area contributed by atoms with Crippen LogP contribution in [0.1, 0.15) is 28.3 Å². The molecule has 0 aromatic heterocycles. The molecule has 4 aromatic rings. The van der Waals surface area contributed by atoms with Gasteiger partial charge in [-0.15, -0.1) is 0 Å². The van der Waals surface area contributed by atoms with Crippen molar-refractivity contribution >= 4 is 29.2 Å². The second-order valence-electron chi connectivity index (χ2n) is 11.5. The molecule has 2 aliphatic rings. The van der Waals surface area contributed by atoms with Gasteiger partial charge in [-0.3, -0.25) is 29.8 Å². The number of carboxylic acid groups (broad SMARTS) is 1. The predicted octanol–water partition coefficient (Wildman–Crippen LogP) is 5.01. The van der Waals surface area contributed by atoms with Gasteiger partial charge in [0.25, 0.3) is 5.69 Å². The summed E-state index contributed by atoms with van der Waals surface area (Å²) < 4.78 is 11.9. The molecule has 0 spiro atoms. The lowest BCUT2D eigenvalue weighted by Crippen LogP contribution is -2.57. The Morgan fingerprint density at radius 2 is 1.63 bits per heavy atom. The van der Waals surface area contributed by atoms with Gasteiger partial charge in [0.2, 0.25) is 11.8 Å². The Morgan fingerprint density at radius 1 is 0.935 bits per heavy atom. The van der Waals surface area contributed by atoms with E-state index in [-0.39, 0.29) is 18.7 Å². The highest BCUT2D eigenvalue weighted by Crippen LogP contribution is 2.53. The largest absolute Gasteiger partial charge is 0.493 e. The fraction of sp³-hybridized carbons (Fsp3) is 0.229. The number of amides is 2. The normalized spacial score (nSPS) is 22.0. The molecule has 2 fully saturated rings. The van der Waals surface area contributed by atoms with E-state index in [1.54, 1.807) is 49.4 Å². The predicted molar refractivity (Wildman–Crippen MR) is 167 cm³/mol. The Morgan fingerprint density at radius 3 is 2.28 bits per heavy atom. The fourth-order valence-corrected chi connectivity index (χ4v) is 6.64. The van der Waals surface area contributed by atoms with Crippen LogP contribution in [0, 0.1) is 28.9 Å². The number of aryl methyl sites for hydroxylation is 1. The molecule has 4 aromatic carbocycles. The standard InChI is InChI=1S/C35H31N3O8/c1-21-9-6-7-13-26(21)37-32(39)28-29(33(37)40)35(34(41)42,19-22-15-17-24(18-16-22)38(43)44)36-30(28)25-12-8-14-27(45-2)31(25)46-20-23-10-4-3-5-11-23/h3-18,28-30,36H,19-20H2,1-2H3,(H,41,42). The van der Waals surface area contributed by atoms with Crippen LogP contribution in [0.15, 0.2) is 97.1 Å². The summed E-state index contributed by atoms with van der Waals surface area (Å²) in [6.07, 6.45) is -0.219. The second kappa shape index (κ2) is 12.1. The van der Waals surface area contributed by atoms with Gasteiger partial charge in [-0.2, -0.15) is 0 Å². The molecule has 4 atom stereocenters. The maximum atomic E-state index is 14.4. The number of imide groups is 1. The van der Waals surface area contributed by atoms with Gasteiger partial charge in [0.1, 0.15) is 12.1 Å². The van der Waals surface area contributed by atoms with E-state index in [0.717, 1.165) is 10.5 Å². The zero-order valence-corrected chi connectivity index (χ0v) is 25.1. The molecule has 11 nitrogen and oxygen atoms in total. The van der Waals surface area contributed by atoms with Crippen LogP contribution in [0.25, 0.3) is 0 Å². The number of carboxylic acids is 1. The summed E-state index contributed by atoms with van der Waals surface area (Å²) in [5.74, 6) is -4.24. The first-order chi connectivity index (χ1) is 22.2. The number of carbonyl (C=O) groups excluding carboxylic acids is 2. The number of aliphatic carboxylic acids is 1. The highest BCUT2D eigenvalue weighted by molar-refractivity contribution is 6.24. The number of rotatable bonds is 10. The van der Waals surface area contributed by atoms with E-state index in [4.69, 9.17) is 9.47 Å². The Kier molecular flexibility index (Phi) is 8.01. The first kappa shape index (κ1) is 30.5. The number of hydrogen-bond acceptors (Lipinski definition) is 8. The lowest BCUT2D eigenvalue weighted by molar-refractivity contribution is -0.384. The number of ether oxygens (including phenoxy) is 2. The van der Waals surface area contributed by atoms with Gasteiger partial charge in [-0.25, -0.2) is 4.90 Å². The van der Waals surface area contributed by atoms with Crippen LogP contribution in [0.4, 0.5) is 11.4 Å². The van der Waals surface area contributed by atoms with Crippen molar-refractivity contribution in [3.8, 4) is 11.5 Å². The number of nitro benzene ring substituents is 1. The molecule has 2 saturated heterocycles. The van der Waals surface area contributed by atoms with Crippen LogP contribution in [0.5, 0.6) is 11.5 Å². The van der Waals surface area contributed by atoms with Crippen molar-refractivity contribution in [2.75, 3.05) is 12.0 Å². The van der Waals surface area contributed by atoms with Crippen LogP contribution in [0.2, 0.25) is 0 Å². The zero-order chi connectivity index (χ0) is 32.6. The van der Waals surface area contributed by atoms with Crippen molar-refractivity contribution in [2.45, 2.75) is 31.5 Å². The summed E-state index contributed by atoms with van der Waals surface area (Å²) in [6.45, 7) is 1.95. The molecule has 234 valence electrons. The summed E-state index contributed by atoms with van der Waals surface area (Å²) in [5, 5.41) is 25.4. The van der Waals surface area contributed by atoms with Gasteiger partial charge in [0.05, 0.1) is 29.6 Å². The molecule has 0 bridgehead atoms. The van der Waals surface area contributed by atoms with E-state index in [0.29, 0.717) is 33.9 Å². The quantitative estimate of drug-likeness (QED) is 0.142. The number of anilines is 1. The second-order valence-corrected chi connectivity index (χ2v) is 11.5. The summed E-state index contributed by atoms with van der Waals surface area (Å²) in [4.78, 5) is 54.0. The highest BCUT2D eigenvalue weighted by atomic mass is 16.6. The van der Waals surface area contributed by atoms with Gasteiger partial charge < -0.3 is 14.6 Å². The number of nitrogens with zero attached hydrogens (tertiary/aromatic N) is 2. The topological polar surface area (TPSA) is 148 Å². The molecule has 2 N–H and O–H groups in total. The Hall–Kier alpha value is -5.55. The lowest BCUT2D eigenvalue weighted by atomic mass is 9.76. The fourth-order valence-electron chi connectivity index (χ4n) is 6.64. The molecule has 2 heterocycles. The maximum absolute atomic E-state index is 14.4. The van der Waals surface area contributed by atoms with E-state index in [2.05, 4.69) is 5.32 Å². The summed E-state index contributed by atoms with van der Waals surface area (Å²) >= 11 is 0. The molecular weight excluding hydrogens is 590 g/mol. The van der Waals surface area contributed by atoms with Crippen molar-refractivity contribution in [1.29, 1.82) is 0 Å². The highest BCUT2D eigenvalue weighted by Gasteiger charge is 2.69. The lowest BCUT2D eigenvalue weighted by Gasteiger charge is -2.32. The maximum Gasteiger partial charge on any atom is 0.325 e. The van der Waals surface area contributed by atoms with Crippen molar-refractivity contribution in [3.05, 3.63) is 129 Å².